The van der Waals surface area contributed by atoms with E-state index in [0.717, 1.165) is 61.7 Å². The molecule has 28 heavy (non-hydrogen) atoms. The second kappa shape index (κ2) is 8.55. The molecule has 2 saturated heterocycles. The summed E-state index contributed by atoms with van der Waals surface area (Å²) in [4.78, 5) is 17.0. The number of aryl methyl sites for hydroxylation is 1. The lowest BCUT2D eigenvalue weighted by atomic mass is 9.99. The number of piperidine rings is 1. The van der Waals surface area contributed by atoms with Crippen LogP contribution in [0.25, 0.3) is 5.69 Å². The molecule has 150 valence electrons. The van der Waals surface area contributed by atoms with Gasteiger partial charge in [0.25, 0.3) is 0 Å². The summed E-state index contributed by atoms with van der Waals surface area (Å²) in [5.41, 5.74) is 2.28. The zero-order chi connectivity index (χ0) is 19.5. The van der Waals surface area contributed by atoms with Crippen LogP contribution >= 0.6 is 11.8 Å². The zero-order valence-electron chi connectivity index (χ0n) is 16.8. The summed E-state index contributed by atoms with van der Waals surface area (Å²) >= 11 is 1.50. The second-order valence-corrected chi connectivity index (χ2v) is 8.94. The normalized spacial score (nSPS) is 18.1. The molecule has 0 radical (unpaired) electrons. The van der Waals surface area contributed by atoms with E-state index >= 15 is 0 Å². The van der Waals surface area contributed by atoms with Gasteiger partial charge in [0.2, 0.25) is 11.9 Å². The number of carbonyl (C=O) groups is 1. The van der Waals surface area contributed by atoms with Gasteiger partial charge in [0.05, 0.1) is 11.4 Å². The summed E-state index contributed by atoms with van der Waals surface area (Å²) in [6, 6.07) is 8.43. The number of nitrogens with zero attached hydrogens (tertiary/aromatic N) is 5. The van der Waals surface area contributed by atoms with E-state index in [9.17, 15) is 4.79 Å². The van der Waals surface area contributed by atoms with Crippen LogP contribution in [0.5, 0.6) is 0 Å². The Morgan fingerprint density at radius 1 is 1.07 bits per heavy atom. The number of thioether (sulfide) groups is 1. The number of aromatic nitrogens is 3. The first-order valence-electron chi connectivity index (χ1n) is 10.3. The summed E-state index contributed by atoms with van der Waals surface area (Å²) in [6.07, 6.45) is 4.59. The maximum atomic E-state index is 12.7. The topological polar surface area (TPSA) is 54.3 Å². The predicted octanol–water partition coefficient (Wildman–Crippen LogP) is 3.53. The third-order valence-electron chi connectivity index (χ3n) is 5.76. The van der Waals surface area contributed by atoms with E-state index in [2.05, 4.69) is 57.8 Å². The average Bonchev–Trinajstić information content (AvgIpc) is 3.37. The van der Waals surface area contributed by atoms with Crippen molar-refractivity contribution in [2.24, 2.45) is 5.92 Å². The molecule has 0 saturated carbocycles. The molecule has 0 bridgehead atoms. The van der Waals surface area contributed by atoms with Crippen molar-refractivity contribution in [1.82, 2.24) is 19.7 Å². The minimum atomic E-state index is 0.207. The molecule has 2 fully saturated rings. The molecule has 0 N–H and O–H groups in total. The molecule has 2 aliphatic rings. The standard InChI is InChI=1S/C21H29N5OS/c1-16-5-7-18(8-6-16)26-20(25-11-3-4-12-25)22-23-21(26)28-15-19(27)24-13-9-17(2)10-14-24/h5-8,17H,3-4,9-15H2,1-2H3. The monoisotopic (exact) mass is 399 g/mol. The van der Waals surface area contributed by atoms with E-state index in [1.54, 1.807) is 0 Å². The molecule has 6 nitrogen and oxygen atoms in total. The first kappa shape index (κ1) is 19.3. The van der Waals surface area contributed by atoms with Crippen LogP contribution in [0.15, 0.2) is 29.4 Å². The van der Waals surface area contributed by atoms with Crippen molar-refractivity contribution in [2.75, 3.05) is 36.8 Å². The van der Waals surface area contributed by atoms with E-state index in [0.29, 0.717) is 5.75 Å². The lowest BCUT2D eigenvalue weighted by molar-refractivity contribution is -0.129. The van der Waals surface area contributed by atoms with Gasteiger partial charge < -0.3 is 9.80 Å². The first-order valence-corrected chi connectivity index (χ1v) is 11.3. The van der Waals surface area contributed by atoms with Crippen molar-refractivity contribution < 1.29 is 4.79 Å². The summed E-state index contributed by atoms with van der Waals surface area (Å²) < 4.78 is 2.11. The Balaban J connectivity index is 1.53. The van der Waals surface area contributed by atoms with Crippen LogP contribution in [-0.4, -0.2) is 57.5 Å². The Bertz CT molecular complexity index is 805. The molecule has 0 atom stereocenters. The highest BCUT2D eigenvalue weighted by molar-refractivity contribution is 7.99. The van der Waals surface area contributed by atoms with Gasteiger partial charge in [-0.2, -0.15) is 0 Å². The fourth-order valence-electron chi connectivity index (χ4n) is 3.87. The molecule has 0 aliphatic carbocycles. The van der Waals surface area contributed by atoms with Gasteiger partial charge in [-0.3, -0.25) is 9.36 Å². The molecular formula is C21H29N5OS. The van der Waals surface area contributed by atoms with Crippen molar-refractivity contribution in [1.29, 1.82) is 0 Å². The van der Waals surface area contributed by atoms with Crippen molar-refractivity contribution >= 4 is 23.6 Å². The maximum absolute atomic E-state index is 12.7. The third-order valence-corrected chi connectivity index (χ3v) is 6.67. The van der Waals surface area contributed by atoms with Crippen LogP contribution in [0.3, 0.4) is 0 Å². The molecule has 0 spiro atoms. The van der Waals surface area contributed by atoms with Gasteiger partial charge in [0.15, 0.2) is 5.16 Å². The Kier molecular flexibility index (Phi) is 5.90. The Morgan fingerprint density at radius 3 is 2.43 bits per heavy atom. The maximum Gasteiger partial charge on any atom is 0.233 e. The molecule has 1 aromatic carbocycles. The largest absolute Gasteiger partial charge is 0.342 e. The van der Waals surface area contributed by atoms with E-state index in [1.807, 2.05) is 4.90 Å². The average molecular weight is 400 g/mol. The molecule has 3 heterocycles. The SMILES string of the molecule is Cc1ccc(-n2c(SCC(=O)N3CCC(C)CC3)nnc2N2CCCC2)cc1. The van der Waals surface area contributed by atoms with Gasteiger partial charge in [0.1, 0.15) is 0 Å². The Labute approximate surface area is 171 Å². The van der Waals surface area contributed by atoms with E-state index in [4.69, 9.17) is 0 Å². The summed E-state index contributed by atoms with van der Waals surface area (Å²) in [7, 11) is 0. The molecular weight excluding hydrogens is 370 g/mol. The number of benzene rings is 1. The Hall–Kier alpha value is -2.02. The fourth-order valence-corrected chi connectivity index (χ4v) is 4.72. The lowest BCUT2D eigenvalue weighted by Gasteiger charge is -2.30. The zero-order valence-corrected chi connectivity index (χ0v) is 17.6. The van der Waals surface area contributed by atoms with Crippen LogP contribution in [0.2, 0.25) is 0 Å². The van der Waals surface area contributed by atoms with E-state index < -0.39 is 0 Å². The van der Waals surface area contributed by atoms with Gasteiger partial charge in [0, 0.05) is 26.2 Å². The quantitative estimate of drug-likeness (QED) is 0.720. The van der Waals surface area contributed by atoms with E-state index in [-0.39, 0.29) is 5.91 Å². The fraction of sp³-hybridized carbons (Fsp3) is 0.571. The van der Waals surface area contributed by atoms with Crippen LogP contribution in [-0.2, 0) is 4.79 Å². The highest BCUT2D eigenvalue weighted by Crippen LogP contribution is 2.29. The van der Waals surface area contributed by atoms with Crippen LogP contribution in [0, 0.1) is 12.8 Å². The van der Waals surface area contributed by atoms with Gasteiger partial charge in [-0.1, -0.05) is 36.4 Å². The van der Waals surface area contributed by atoms with Crippen LogP contribution in [0.4, 0.5) is 5.95 Å². The molecule has 7 heteroatoms. The summed E-state index contributed by atoms with van der Waals surface area (Å²) in [6.45, 7) is 8.14. The van der Waals surface area contributed by atoms with Crippen molar-refractivity contribution in [3.8, 4) is 5.69 Å². The van der Waals surface area contributed by atoms with Crippen LogP contribution < -0.4 is 4.90 Å². The molecule has 1 amide bonds. The van der Waals surface area contributed by atoms with Crippen LogP contribution in [0.1, 0.15) is 38.2 Å². The lowest BCUT2D eigenvalue weighted by Crippen LogP contribution is -2.38. The summed E-state index contributed by atoms with van der Waals surface area (Å²) in [5, 5.41) is 9.74. The number of anilines is 1. The molecule has 2 aliphatic heterocycles. The van der Waals surface area contributed by atoms with Gasteiger partial charge in [-0.05, 0) is 50.7 Å². The predicted molar refractivity (Wildman–Crippen MR) is 113 cm³/mol. The Morgan fingerprint density at radius 2 is 1.75 bits per heavy atom. The minimum absolute atomic E-state index is 0.207. The second-order valence-electron chi connectivity index (χ2n) is 8.00. The highest BCUT2D eigenvalue weighted by atomic mass is 32.2. The van der Waals surface area contributed by atoms with Gasteiger partial charge in [-0.15, -0.1) is 10.2 Å². The highest BCUT2D eigenvalue weighted by Gasteiger charge is 2.24. The summed E-state index contributed by atoms with van der Waals surface area (Å²) in [5.74, 6) is 2.24. The molecule has 1 aromatic heterocycles. The number of carbonyl (C=O) groups excluding carboxylic acids is 1. The third kappa shape index (κ3) is 4.19. The smallest absolute Gasteiger partial charge is 0.233 e. The number of rotatable bonds is 5. The first-order chi connectivity index (χ1) is 13.6. The molecule has 2 aromatic rings. The van der Waals surface area contributed by atoms with Crippen molar-refractivity contribution in [3.05, 3.63) is 29.8 Å². The van der Waals surface area contributed by atoms with Crippen molar-refractivity contribution in [2.45, 2.75) is 44.7 Å². The number of amides is 1. The molecule has 4 rings (SSSR count). The van der Waals surface area contributed by atoms with Gasteiger partial charge >= 0.3 is 0 Å². The molecule has 0 unspecified atom stereocenters. The number of hydrogen-bond donors (Lipinski definition) is 0. The van der Waals surface area contributed by atoms with Gasteiger partial charge in [-0.25, -0.2) is 0 Å². The number of likely N-dealkylation sites (tertiary alicyclic amines) is 1. The van der Waals surface area contributed by atoms with Crippen molar-refractivity contribution in [3.63, 3.8) is 0 Å². The number of hydrogen-bond acceptors (Lipinski definition) is 5. The van der Waals surface area contributed by atoms with E-state index in [1.165, 1.54) is 30.2 Å². The minimum Gasteiger partial charge on any atom is -0.342 e.